The van der Waals surface area contributed by atoms with E-state index in [2.05, 4.69) is 43.5 Å². The average molecular weight is 287 g/mol. The van der Waals surface area contributed by atoms with E-state index < -0.39 is 0 Å². The minimum atomic E-state index is 0.705. The third-order valence-electron chi connectivity index (χ3n) is 3.45. The fourth-order valence-corrected chi connectivity index (χ4v) is 2.48. The first kappa shape index (κ1) is 12.5. The number of rotatable bonds is 3. The van der Waals surface area contributed by atoms with Crippen LogP contribution in [0.1, 0.15) is 0 Å². The summed E-state index contributed by atoms with van der Waals surface area (Å²) in [4.78, 5) is 15.9. The van der Waals surface area contributed by atoms with Crippen LogP contribution in [0.5, 0.6) is 0 Å². The van der Waals surface area contributed by atoms with Gasteiger partial charge in [-0.1, -0.05) is 30.3 Å². The van der Waals surface area contributed by atoms with Crippen LogP contribution in [0.15, 0.2) is 67.4 Å². The summed E-state index contributed by atoms with van der Waals surface area (Å²) < 4.78 is 0. The Labute approximate surface area is 127 Å². The summed E-state index contributed by atoms with van der Waals surface area (Å²) in [6.07, 6.45) is 6.71. The molecule has 0 spiro atoms. The molecule has 0 aliphatic heterocycles. The molecule has 0 bridgehead atoms. The lowest BCUT2D eigenvalue weighted by atomic mass is 10.0. The van der Waals surface area contributed by atoms with Crippen LogP contribution in [-0.4, -0.2) is 19.9 Å². The summed E-state index contributed by atoms with van der Waals surface area (Å²) >= 11 is 0. The van der Waals surface area contributed by atoms with E-state index in [0.717, 1.165) is 27.8 Å². The lowest BCUT2D eigenvalue weighted by Crippen LogP contribution is -1.94. The van der Waals surface area contributed by atoms with Crippen LogP contribution >= 0.6 is 0 Å². The molecule has 0 saturated heterocycles. The fourth-order valence-electron chi connectivity index (χ4n) is 2.48. The maximum atomic E-state index is 4.38. The van der Waals surface area contributed by atoms with Crippen molar-refractivity contribution in [2.24, 2.45) is 0 Å². The van der Waals surface area contributed by atoms with Crippen molar-refractivity contribution in [3.8, 4) is 11.1 Å². The molecule has 5 nitrogen and oxygen atoms in total. The zero-order chi connectivity index (χ0) is 14.8. The highest BCUT2D eigenvalue weighted by Gasteiger charge is 2.09. The molecule has 0 radical (unpaired) electrons. The van der Waals surface area contributed by atoms with Gasteiger partial charge in [0.2, 0.25) is 0 Å². The molecule has 106 valence electrons. The Morgan fingerprint density at radius 1 is 0.955 bits per heavy atom. The molecule has 0 aliphatic carbocycles. The first-order valence-electron chi connectivity index (χ1n) is 6.96. The Morgan fingerprint density at radius 3 is 2.68 bits per heavy atom. The molecule has 22 heavy (non-hydrogen) atoms. The van der Waals surface area contributed by atoms with Crippen molar-refractivity contribution in [1.29, 1.82) is 0 Å². The van der Waals surface area contributed by atoms with Crippen molar-refractivity contribution < 1.29 is 0 Å². The summed E-state index contributed by atoms with van der Waals surface area (Å²) in [5.41, 5.74) is 5.10. The highest BCUT2D eigenvalue weighted by Crippen LogP contribution is 2.31. The molecular weight excluding hydrogens is 274 g/mol. The third-order valence-corrected chi connectivity index (χ3v) is 3.45. The molecule has 0 saturated carbocycles. The number of H-pyrrole nitrogens is 1. The number of nitrogens with one attached hydrogen (secondary N) is 2. The maximum Gasteiger partial charge on any atom is 0.148 e. The van der Waals surface area contributed by atoms with Crippen molar-refractivity contribution in [1.82, 2.24) is 19.9 Å². The first-order valence-corrected chi connectivity index (χ1v) is 6.96. The second kappa shape index (κ2) is 5.29. The Morgan fingerprint density at radius 2 is 1.86 bits per heavy atom. The van der Waals surface area contributed by atoms with Gasteiger partial charge in [0, 0.05) is 23.6 Å². The Hall–Kier alpha value is -3.21. The molecule has 0 fully saturated rings. The number of hydrogen-bond donors (Lipinski definition) is 2. The summed E-state index contributed by atoms with van der Waals surface area (Å²) in [5.74, 6) is 0.705. The maximum absolute atomic E-state index is 4.38. The molecule has 0 amide bonds. The van der Waals surface area contributed by atoms with E-state index in [0.29, 0.717) is 5.82 Å². The zero-order valence-electron chi connectivity index (χ0n) is 11.7. The number of nitrogens with zero attached hydrogens (tertiary/aromatic N) is 3. The molecule has 2 aromatic carbocycles. The molecule has 2 N–H and O–H groups in total. The topological polar surface area (TPSA) is 66.5 Å². The molecule has 0 aliphatic rings. The first-order chi connectivity index (χ1) is 10.9. The number of imidazole rings is 1. The van der Waals surface area contributed by atoms with Gasteiger partial charge in [0.05, 0.1) is 23.6 Å². The van der Waals surface area contributed by atoms with E-state index in [1.807, 2.05) is 24.3 Å². The van der Waals surface area contributed by atoms with Gasteiger partial charge < -0.3 is 10.3 Å². The Balaban J connectivity index is 1.84. The van der Waals surface area contributed by atoms with E-state index in [4.69, 9.17) is 0 Å². The number of aromatic nitrogens is 4. The molecule has 2 heterocycles. The highest BCUT2D eigenvalue weighted by atomic mass is 15.0. The predicted octanol–water partition coefficient (Wildman–Crippen LogP) is 3.76. The van der Waals surface area contributed by atoms with Crippen LogP contribution in [0.3, 0.4) is 0 Å². The zero-order valence-corrected chi connectivity index (χ0v) is 11.7. The van der Waals surface area contributed by atoms with Crippen molar-refractivity contribution in [3.05, 3.63) is 67.4 Å². The van der Waals surface area contributed by atoms with E-state index in [1.54, 1.807) is 24.9 Å². The van der Waals surface area contributed by atoms with Gasteiger partial charge in [0.25, 0.3) is 0 Å². The van der Waals surface area contributed by atoms with E-state index in [1.165, 1.54) is 0 Å². The summed E-state index contributed by atoms with van der Waals surface area (Å²) in [6.45, 7) is 0. The van der Waals surface area contributed by atoms with Gasteiger partial charge >= 0.3 is 0 Å². The molecular formula is C17H13N5. The van der Waals surface area contributed by atoms with Crippen LogP contribution in [-0.2, 0) is 0 Å². The largest absolute Gasteiger partial charge is 0.344 e. The van der Waals surface area contributed by atoms with Gasteiger partial charge in [-0.15, -0.1) is 0 Å². The van der Waals surface area contributed by atoms with Crippen LogP contribution in [0.25, 0.3) is 22.2 Å². The van der Waals surface area contributed by atoms with E-state index >= 15 is 0 Å². The minimum Gasteiger partial charge on any atom is -0.344 e. The van der Waals surface area contributed by atoms with Crippen molar-refractivity contribution in [2.45, 2.75) is 0 Å². The lowest BCUT2D eigenvalue weighted by Gasteiger charge is -2.09. The fraction of sp³-hybridized carbons (Fsp3) is 0. The minimum absolute atomic E-state index is 0.705. The van der Waals surface area contributed by atoms with Crippen LogP contribution in [0.2, 0.25) is 0 Å². The highest BCUT2D eigenvalue weighted by molar-refractivity contribution is 5.95. The predicted molar refractivity (Wildman–Crippen MR) is 86.8 cm³/mol. The summed E-state index contributed by atoms with van der Waals surface area (Å²) in [7, 11) is 0. The lowest BCUT2D eigenvalue weighted by molar-refractivity contribution is 1.20. The number of hydrogen-bond acceptors (Lipinski definition) is 4. The van der Waals surface area contributed by atoms with Gasteiger partial charge in [0.15, 0.2) is 0 Å². The van der Waals surface area contributed by atoms with Gasteiger partial charge in [-0.05, 0) is 17.7 Å². The van der Waals surface area contributed by atoms with Gasteiger partial charge in [-0.25, -0.2) is 9.97 Å². The van der Waals surface area contributed by atoms with Gasteiger partial charge in [-0.3, -0.25) is 4.98 Å². The second-order valence-corrected chi connectivity index (χ2v) is 4.90. The Bertz CT molecular complexity index is 900. The number of aromatic amines is 1. The van der Waals surface area contributed by atoms with Crippen LogP contribution in [0.4, 0.5) is 11.5 Å². The Kier molecular flexibility index (Phi) is 3.01. The summed E-state index contributed by atoms with van der Waals surface area (Å²) in [6, 6.07) is 14.3. The quantitative estimate of drug-likeness (QED) is 0.602. The molecule has 4 aromatic rings. The SMILES string of the molecule is c1ccc(-c2cc(Nc3cnccn3)cc3nc[nH]c23)cc1. The van der Waals surface area contributed by atoms with Crippen molar-refractivity contribution in [2.75, 3.05) is 5.32 Å². The molecule has 0 unspecified atom stereocenters. The van der Waals surface area contributed by atoms with Gasteiger partial charge in [0.1, 0.15) is 5.82 Å². The third kappa shape index (κ3) is 2.29. The van der Waals surface area contributed by atoms with Crippen LogP contribution in [0, 0.1) is 0 Å². The van der Waals surface area contributed by atoms with Crippen LogP contribution < -0.4 is 5.32 Å². The normalized spacial score (nSPS) is 10.7. The molecule has 0 atom stereocenters. The monoisotopic (exact) mass is 287 g/mol. The van der Waals surface area contributed by atoms with Crippen molar-refractivity contribution in [3.63, 3.8) is 0 Å². The number of anilines is 2. The molecule has 4 rings (SSSR count). The smallest absolute Gasteiger partial charge is 0.148 e. The average Bonchev–Trinajstić information content (AvgIpc) is 3.04. The number of benzene rings is 2. The van der Waals surface area contributed by atoms with E-state index in [9.17, 15) is 0 Å². The second-order valence-electron chi connectivity index (χ2n) is 4.90. The van der Waals surface area contributed by atoms with Crippen molar-refractivity contribution >= 4 is 22.5 Å². The standard InChI is InChI=1S/C17H13N5/c1-2-4-12(5-3-1)14-8-13(9-15-17(14)21-11-20-15)22-16-10-18-6-7-19-16/h1-11H,(H,19,22)(H,20,21). The van der Waals surface area contributed by atoms with Gasteiger partial charge in [-0.2, -0.15) is 0 Å². The molecule has 5 heteroatoms. The van der Waals surface area contributed by atoms with E-state index in [-0.39, 0.29) is 0 Å². The summed E-state index contributed by atoms with van der Waals surface area (Å²) in [5, 5.41) is 3.27. The number of fused-ring (bicyclic) bond motifs is 1. The molecule has 2 aromatic heterocycles.